The number of hydrogen-bond donors (Lipinski definition) is 1. The Hall–Kier alpha value is -0.910. The van der Waals surface area contributed by atoms with Gasteiger partial charge < -0.3 is 10.2 Å². The molecule has 0 bridgehead atoms. The summed E-state index contributed by atoms with van der Waals surface area (Å²) in [6.45, 7) is 4.20. The van der Waals surface area contributed by atoms with Crippen LogP contribution in [0.5, 0.6) is 0 Å². The molecule has 16 heavy (non-hydrogen) atoms. The fourth-order valence-electron chi connectivity index (χ4n) is 1.60. The average molecular weight is 246 g/mol. The SMILES string of the molecule is CCC1NC(=O)CN(CCS(=O)CC)C1=O. The van der Waals surface area contributed by atoms with Gasteiger partial charge in [0, 0.05) is 28.9 Å². The summed E-state index contributed by atoms with van der Waals surface area (Å²) in [6.07, 6.45) is 0.595. The minimum absolute atomic E-state index is 0.0600. The van der Waals surface area contributed by atoms with Crippen molar-refractivity contribution in [1.29, 1.82) is 0 Å². The number of nitrogens with one attached hydrogen (secondary N) is 1. The molecule has 1 rings (SSSR count). The van der Waals surface area contributed by atoms with E-state index in [-0.39, 0.29) is 18.4 Å². The first-order valence-electron chi connectivity index (χ1n) is 5.51. The van der Waals surface area contributed by atoms with E-state index in [1.54, 1.807) is 0 Å². The zero-order chi connectivity index (χ0) is 12.1. The average Bonchev–Trinajstić information content (AvgIpc) is 2.29. The van der Waals surface area contributed by atoms with Gasteiger partial charge in [-0.2, -0.15) is 0 Å². The third-order valence-corrected chi connectivity index (χ3v) is 3.88. The van der Waals surface area contributed by atoms with Crippen molar-refractivity contribution in [2.75, 3.05) is 24.6 Å². The lowest BCUT2D eigenvalue weighted by atomic mass is 10.1. The molecule has 0 aromatic heterocycles. The van der Waals surface area contributed by atoms with Crippen LogP contribution in [0.15, 0.2) is 0 Å². The maximum absolute atomic E-state index is 11.8. The second-order valence-electron chi connectivity index (χ2n) is 3.72. The third-order valence-electron chi connectivity index (χ3n) is 2.60. The molecule has 2 unspecified atom stereocenters. The lowest BCUT2D eigenvalue weighted by Gasteiger charge is -2.31. The Bertz CT molecular complexity index is 306. The molecule has 2 amide bonds. The Kier molecular flexibility index (Phi) is 4.92. The summed E-state index contributed by atoms with van der Waals surface area (Å²) in [5, 5.41) is 2.64. The quantitative estimate of drug-likeness (QED) is 0.710. The summed E-state index contributed by atoms with van der Waals surface area (Å²) in [5.74, 6) is 0.848. The fourth-order valence-corrected chi connectivity index (χ4v) is 2.31. The zero-order valence-corrected chi connectivity index (χ0v) is 10.5. The summed E-state index contributed by atoms with van der Waals surface area (Å²) in [6, 6.07) is -0.406. The monoisotopic (exact) mass is 246 g/mol. The summed E-state index contributed by atoms with van der Waals surface area (Å²) < 4.78 is 11.3. The standard InChI is InChI=1S/C10H18N2O3S/c1-3-8-10(14)12(7-9(13)11-8)5-6-16(15)4-2/h8H,3-7H2,1-2H3,(H,11,13). The zero-order valence-electron chi connectivity index (χ0n) is 9.69. The third kappa shape index (κ3) is 3.30. The van der Waals surface area contributed by atoms with Crippen LogP contribution in [-0.2, 0) is 20.4 Å². The first kappa shape index (κ1) is 13.2. The van der Waals surface area contributed by atoms with Crippen LogP contribution in [0, 0.1) is 0 Å². The molecule has 1 N–H and O–H groups in total. The van der Waals surface area contributed by atoms with Crippen LogP contribution < -0.4 is 5.32 Å². The van der Waals surface area contributed by atoms with Crippen molar-refractivity contribution in [2.45, 2.75) is 26.3 Å². The lowest BCUT2D eigenvalue weighted by Crippen LogP contribution is -2.58. The molecule has 0 saturated carbocycles. The van der Waals surface area contributed by atoms with Crippen molar-refractivity contribution in [3.63, 3.8) is 0 Å². The van der Waals surface area contributed by atoms with Crippen LogP contribution in [0.4, 0.5) is 0 Å². The van der Waals surface area contributed by atoms with E-state index in [9.17, 15) is 13.8 Å². The largest absolute Gasteiger partial charge is 0.343 e. The van der Waals surface area contributed by atoms with Gasteiger partial charge in [0.05, 0.1) is 6.54 Å². The van der Waals surface area contributed by atoms with Crippen molar-refractivity contribution in [1.82, 2.24) is 10.2 Å². The number of piperazine rings is 1. The maximum atomic E-state index is 11.8. The number of rotatable bonds is 5. The molecule has 1 saturated heterocycles. The molecule has 1 aliphatic heterocycles. The molecule has 6 heteroatoms. The van der Waals surface area contributed by atoms with Crippen LogP contribution in [0.1, 0.15) is 20.3 Å². The van der Waals surface area contributed by atoms with Gasteiger partial charge in [-0.1, -0.05) is 13.8 Å². The smallest absolute Gasteiger partial charge is 0.245 e. The summed E-state index contributed by atoms with van der Waals surface area (Å²) in [4.78, 5) is 24.6. The van der Waals surface area contributed by atoms with Gasteiger partial charge in [0.2, 0.25) is 11.8 Å². The van der Waals surface area contributed by atoms with Crippen molar-refractivity contribution in [3.8, 4) is 0 Å². The Balaban J connectivity index is 2.54. The van der Waals surface area contributed by atoms with Crippen molar-refractivity contribution < 1.29 is 13.8 Å². The van der Waals surface area contributed by atoms with Gasteiger partial charge >= 0.3 is 0 Å². The molecule has 0 radical (unpaired) electrons. The molecule has 1 heterocycles. The molecule has 92 valence electrons. The predicted octanol–water partition coefficient (Wildman–Crippen LogP) is -0.508. The van der Waals surface area contributed by atoms with E-state index in [1.165, 1.54) is 4.90 Å². The van der Waals surface area contributed by atoms with E-state index in [2.05, 4.69) is 5.32 Å². The highest BCUT2D eigenvalue weighted by atomic mass is 32.2. The minimum atomic E-state index is -0.894. The van der Waals surface area contributed by atoms with Gasteiger partial charge in [-0.3, -0.25) is 13.8 Å². The molecular formula is C10H18N2O3S. The Morgan fingerprint density at radius 3 is 2.69 bits per heavy atom. The number of nitrogens with zero attached hydrogens (tertiary/aromatic N) is 1. The highest BCUT2D eigenvalue weighted by Crippen LogP contribution is 2.05. The molecule has 5 nitrogen and oxygen atoms in total. The van der Waals surface area contributed by atoms with E-state index in [4.69, 9.17) is 0 Å². The van der Waals surface area contributed by atoms with Gasteiger partial charge in [0.25, 0.3) is 0 Å². The molecule has 1 fully saturated rings. The van der Waals surface area contributed by atoms with Crippen LogP contribution in [0.25, 0.3) is 0 Å². The van der Waals surface area contributed by atoms with Gasteiger partial charge in [0.1, 0.15) is 6.04 Å². The topological polar surface area (TPSA) is 66.5 Å². The first-order valence-corrected chi connectivity index (χ1v) is 7.00. The number of amides is 2. The highest BCUT2D eigenvalue weighted by molar-refractivity contribution is 7.84. The van der Waals surface area contributed by atoms with E-state index in [0.29, 0.717) is 24.5 Å². The van der Waals surface area contributed by atoms with Gasteiger partial charge in [-0.05, 0) is 6.42 Å². The van der Waals surface area contributed by atoms with Crippen LogP contribution in [0.2, 0.25) is 0 Å². The first-order chi connectivity index (χ1) is 7.58. The van der Waals surface area contributed by atoms with Crippen LogP contribution in [0.3, 0.4) is 0 Å². The van der Waals surface area contributed by atoms with Gasteiger partial charge in [0.15, 0.2) is 0 Å². The molecule has 1 aliphatic rings. The minimum Gasteiger partial charge on any atom is -0.343 e. The number of hydrogen-bond acceptors (Lipinski definition) is 3. The van der Waals surface area contributed by atoms with E-state index < -0.39 is 16.8 Å². The van der Waals surface area contributed by atoms with E-state index in [0.717, 1.165) is 0 Å². The Morgan fingerprint density at radius 1 is 1.44 bits per heavy atom. The van der Waals surface area contributed by atoms with E-state index >= 15 is 0 Å². The maximum Gasteiger partial charge on any atom is 0.245 e. The number of carbonyl (C=O) groups excluding carboxylic acids is 2. The van der Waals surface area contributed by atoms with E-state index in [1.807, 2.05) is 13.8 Å². The van der Waals surface area contributed by atoms with Crippen LogP contribution >= 0.6 is 0 Å². The van der Waals surface area contributed by atoms with Crippen molar-refractivity contribution >= 4 is 22.6 Å². The molecular weight excluding hydrogens is 228 g/mol. The lowest BCUT2D eigenvalue weighted by molar-refractivity contribution is -0.144. The normalized spacial score (nSPS) is 23.1. The second kappa shape index (κ2) is 5.98. The second-order valence-corrected chi connectivity index (χ2v) is 5.59. The highest BCUT2D eigenvalue weighted by Gasteiger charge is 2.30. The molecule has 0 aromatic carbocycles. The van der Waals surface area contributed by atoms with Crippen molar-refractivity contribution in [2.24, 2.45) is 0 Å². The molecule has 2 atom stereocenters. The summed E-state index contributed by atoms with van der Waals surface area (Å²) in [5.41, 5.74) is 0. The molecule has 0 aromatic rings. The Labute approximate surface area is 98.0 Å². The predicted molar refractivity (Wildman–Crippen MR) is 62.4 cm³/mol. The Morgan fingerprint density at radius 2 is 2.12 bits per heavy atom. The molecule has 0 aliphatic carbocycles. The van der Waals surface area contributed by atoms with Crippen LogP contribution in [-0.4, -0.2) is 51.6 Å². The summed E-state index contributed by atoms with van der Waals surface area (Å²) in [7, 11) is -0.894. The molecule has 0 spiro atoms. The fraction of sp³-hybridized carbons (Fsp3) is 0.800. The summed E-state index contributed by atoms with van der Waals surface area (Å²) >= 11 is 0. The number of carbonyl (C=O) groups is 2. The van der Waals surface area contributed by atoms with Gasteiger partial charge in [-0.15, -0.1) is 0 Å². The van der Waals surface area contributed by atoms with Crippen molar-refractivity contribution in [3.05, 3.63) is 0 Å². The van der Waals surface area contributed by atoms with Gasteiger partial charge in [-0.25, -0.2) is 0 Å².